The van der Waals surface area contributed by atoms with Crippen molar-refractivity contribution in [3.05, 3.63) is 52.8 Å². The molecule has 1 aliphatic rings. The molecular formula is C19H23N5O. The monoisotopic (exact) mass is 337 g/mol. The Morgan fingerprint density at radius 3 is 2.80 bits per heavy atom. The van der Waals surface area contributed by atoms with Gasteiger partial charge in [0.1, 0.15) is 12.1 Å². The van der Waals surface area contributed by atoms with Crippen molar-refractivity contribution in [1.82, 2.24) is 19.6 Å². The third-order valence-electron chi connectivity index (χ3n) is 4.55. The van der Waals surface area contributed by atoms with E-state index in [2.05, 4.69) is 17.2 Å². The van der Waals surface area contributed by atoms with Crippen molar-refractivity contribution in [3.8, 4) is 6.07 Å². The first-order valence-corrected chi connectivity index (χ1v) is 8.48. The zero-order valence-corrected chi connectivity index (χ0v) is 14.9. The number of likely N-dealkylation sites (N-methyl/N-ethyl adjacent to an activating group) is 1. The summed E-state index contributed by atoms with van der Waals surface area (Å²) in [6, 6.07) is 11.6. The highest BCUT2D eigenvalue weighted by Gasteiger charge is 2.29. The Morgan fingerprint density at radius 1 is 1.32 bits per heavy atom. The summed E-state index contributed by atoms with van der Waals surface area (Å²) in [7, 11) is 3.86. The Morgan fingerprint density at radius 2 is 2.12 bits per heavy atom. The number of aryl methyl sites for hydroxylation is 2. The number of amides is 1. The summed E-state index contributed by atoms with van der Waals surface area (Å²) < 4.78 is 1.85. The summed E-state index contributed by atoms with van der Waals surface area (Å²) in [5.41, 5.74) is 3.48. The minimum atomic E-state index is -0.315. The highest BCUT2D eigenvalue weighted by Crippen LogP contribution is 2.24. The molecule has 2 aromatic rings. The molecule has 1 amide bonds. The van der Waals surface area contributed by atoms with Gasteiger partial charge in [-0.3, -0.25) is 14.4 Å². The van der Waals surface area contributed by atoms with Gasteiger partial charge >= 0.3 is 0 Å². The van der Waals surface area contributed by atoms with Crippen LogP contribution in [-0.2, 0) is 17.9 Å². The van der Waals surface area contributed by atoms with E-state index in [1.54, 1.807) is 6.07 Å². The predicted octanol–water partition coefficient (Wildman–Crippen LogP) is 2.10. The first-order chi connectivity index (χ1) is 12.0. The van der Waals surface area contributed by atoms with Gasteiger partial charge in [-0.05, 0) is 39.1 Å². The molecule has 0 unspecified atom stereocenters. The minimum Gasteiger partial charge on any atom is -0.335 e. The average Bonchev–Trinajstić information content (AvgIpc) is 2.85. The van der Waals surface area contributed by atoms with Gasteiger partial charge in [0.15, 0.2) is 5.69 Å². The minimum absolute atomic E-state index is 0.0868. The highest BCUT2D eigenvalue weighted by molar-refractivity contribution is 5.83. The Kier molecular flexibility index (Phi) is 4.86. The van der Waals surface area contributed by atoms with Gasteiger partial charge in [-0.2, -0.15) is 10.4 Å². The maximum absolute atomic E-state index is 13.3. The molecule has 0 aliphatic carbocycles. The molecule has 0 radical (unpaired) electrons. The first kappa shape index (κ1) is 17.2. The first-order valence-electron chi connectivity index (χ1n) is 8.48. The van der Waals surface area contributed by atoms with Gasteiger partial charge in [0.2, 0.25) is 5.91 Å². The Labute approximate surface area is 148 Å². The molecule has 25 heavy (non-hydrogen) atoms. The SMILES string of the molecule is Cc1cccc([C@@H](C(=O)N2CCCn3nc(C#N)cc3C2)N(C)C)c1. The van der Waals surface area contributed by atoms with Crippen LogP contribution in [0.5, 0.6) is 0 Å². The van der Waals surface area contributed by atoms with E-state index in [0.717, 1.165) is 29.8 Å². The number of hydrogen-bond acceptors (Lipinski definition) is 4. The van der Waals surface area contributed by atoms with Crippen molar-refractivity contribution < 1.29 is 4.79 Å². The van der Waals surface area contributed by atoms with Crippen LogP contribution in [0.25, 0.3) is 0 Å². The Hall–Kier alpha value is -2.65. The van der Waals surface area contributed by atoms with Gasteiger partial charge < -0.3 is 4.90 Å². The van der Waals surface area contributed by atoms with Crippen LogP contribution in [0.15, 0.2) is 30.3 Å². The van der Waals surface area contributed by atoms with Crippen molar-refractivity contribution >= 4 is 5.91 Å². The van der Waals surface area contributed by atoms with E-state index < -0.39 is 0 Å². The molecule has 3 rings (SSSR count). The van der Waals surface area contributed by atoms with E-state index >= 15 is 0 Å². The molecule has 0 N–H and O–H groups in total. The summed E-state index contributed by atoms with van der Waals surface area (Å²) in [4.78, 5) is 17.1. The standard InChI is InChI=1S/C19H23N5O/c1-14-6-4-7-15(10-14)18(22(2)3)19(25)23-8-5-9-24-17(13-23)11-16(12-20)21-24/h4,6-7,10-11,18H,5,8-9,13H2,1-3H3/t18-/m0/s1. The zero-order chi connectivity index (χ0) is 18.0. The molecule has 0 saturated heterocycles. The summed E-state index contributed by atoms with van der Waals surface area (Å²) >= 11 is 0. The van der Waals surface area contributed by atoms with Crippen molar-refractivity contribution in [1.29, 1.82) is 5.26 Å². The topological polar surface area (TPSA) is 65.2 Å². The number of benzene rings is 1. The van der Waals surface area contributed by atoms with Crippen LogP contribution in [0.4, 0.5) is 0 Å². The summed E-state index contributed by atoms with van der Waals surface area (Å²) in [5, 5.41) is 13.3. The zero-order valence-electron chi connectivity index (χ0n) is 14.9. The third-order valence-corrected chi connectivity index (χ3v) is 4.55. The quantitative estimate of drug-likeness (QED) is 0.860. The molecule has 1 atom stereocenters. The van der Waals surface area contributed by atoms with Crippen LogP contribution < -0.4 is 0 Å². The second-order valence-corrected chi connectivity index (χ2v) is 6.75. The fourth-order valence-corrected chi connectivity index (χ4v) is 3.38. The van der Waals surface area contributed by atoms with Gasteiger partial charge in [0.25, 0.3) is 0 Å². The van der Waals surface area contributed by atoms with Gasteiger partial charge in [0.05, 0.1) is 12.2 Å². The second kappa shape index (κ2) is 7.08. The summed E-state index contributed by atoms with van der Waals surface area (Å²) in [5.74, 6) is 0.0868. The van der Waals surface area contributed by atoms with E-state index in [0.29, 0.717) is 18.8 Å². The van der Waals surface area contributed by atoms with Crippen LogP contribution in [0.2, 0.25) is 0 Å². The molecule has 1 aliphatic heterocycles. The number of nitriles is 1. The van der Waals surface area contributed by atoms with Gasteiger partial charge in [-0.1, -0.05) is 29.8 Å². The number of aromatic nitrogens is 2. The summed E-state index contributed by atoms with van der Waals surface area (Å²) in [6.45, 7) is 3.95. The Bertz CT molecular complexity index is 817. The Balaban J connectivity index is 1.88. The molecule has 2 heterocycles. The fourth-order valence-electron chi connectivity index (χ4n) is 3.38. The van der Waals surface area contributed by atoms with Gasteiger partial charge in [0, 0.05) is 13.1 Å². The molecule has 0 spiro atoms. The average molecular weight is 337 g/mol. The summed E-state index contributed by atoms with van der Waals surface area (Å²) in [6.07, 6.45) is 0.833. The third kappa shape index (κ3) is 3.57. The van der Waals surface area contributed by atoms with E-state index in [9.17, 15) is 4.79 Å². The van der Waals surface area contributed by atoms with Gasteiger partial charge in [-0.15, -0.1) is 0 Å². The molecule has 0 saturated carbocycles. The smallest absolute Gasteiger partial charge is 0.244 e. The molecule has 1 aromatic carbocycles. The van der Waals surface area contributed by atoms with Crippen LogP contribution in [0.3, 0.4) is 0 Å². The molecule has 130 valence electrons. The maximum Gasteiger partial charge on any atom is 0.244 e. The molecule has 6 nitrogen and oxygen atoms in total. The van der Waals surface area contributed by atoms with E-state index in [-0.39, 0.29) is 11.9 Å². The van der Waals surface area contributed by atoms with Crippen molar-refractivity contribution in [3.63, 3.8) is 0 Å². The lowest BCUT2D eigenvalue weighted by Gasteiger charge is -2.30. The normalized spacial score (nSPS) is 15.4. The van der Waals surface area contributed by atoms with Crippen molar-refractivity contribution in [2.45, 2.75) is 32.5 Å². The molecule has 0 fully saturated rings. The van der Waals surface area contributed by atoms with Crippen molar-refractivity contribution in [2.75, 3.05) is 20.6 Å². The van der Waals surface area contributed by atoms with Crippen molar-refractivity contribution in [2.24, 2.45) is 0 Å². The fraction of sp³-hybridized carbons (Fsp3) is 0.421. The maximum atomic E-state index is 13.3. The van der Waals surface area contributed by atoms with E-state index in [1.807, 2.05) is 53.7 Å². The van der Waals surface area contributed by atoms with Crippen LogP contribution in [-0.4, -0.2) is 46.1 Å². The second-order valence-electron chi connectivity index (χ2n) is 6.75. The predicted molar refractivity (Wildman–Crippen MR) is 94.6 cm³/mol. The number of fused-ring (bicyclic) bond motifs is 1. The lowest BCUT2D eigenvalue weighted by atomic mass is 10.0. The molecule has 1 aromatic heterocycles. The number of hydrogen-bond donors (Lipinski definition) is 0. The number of carbonyl (C=O) groups excluding carboxylic acids is 1. The number of nitrogens with zero attached hydrogens (tertiary/aromatic N) is 5. The molecule has 6 heteroatoms. The largest absolute Gasteiger partial charge is 0.335 e. The lowest BCUT2D eigenvalue weighted by Crippen LogP contribution is -2.40. The van der Waals surface area contributed by atoms with Crippen LogP contribution in [0, 0.1) is 18.3 Å². The van der Waals surface area contributed by atoms with Crippen LogP contribution >= 0.6 is 0 Å². The van der Waals surface area contributed by atoms with Gasteiger partial charge in [-0.25, -0.2) is 0 Å². The van der Waals surface area contributed by atoms with Crippen LogP contribution in [0.1, 0.15) is 35.0 Å². The van der Waals surface area contributed by atoms with E-state index in [1.165, 1.54) is 0 Å². The lowest BCUT2D eigenvalue weighted by molar-refractivity contribution is -0.137. The highest BCUT2D eigenvalue weighted by atomic mass is 16.2. The molecular weight excluding hydrogens is 314 g/mol. The van der Waals surface area contributed by atoms with E-state index in [4.69, 9.17) is 5.26 Å². The number of carbonyl (C=O) groups is 1. The number of rotatable bonds is 3. The molecule has 0 bridgehead atoms.